The molecule has 0 saturated heterocycles. The number of benzene rings is 4. The standard InChI is InChI=1S/C24H21N5O2/c1-29(19-8-3-2-4-9-19)28-24(31)21-15-16-7-5-6-10-20(16)22(23(21)30)27-26-18-13-11-17(25)12-14-18/h2-15,30H,25H2,1H3,(H,28,31). The van der Waals surface area contributed by atoms with Crippen LogP contribution >= 0.6 is 0 Å². The van der Waals surface area contributed by atoms with Crippen LogP contribution in [0.25, 0.3) is 10.8 Å². The Morgan fingerprint density at radius 3 is 2.35 bits per heavy atom. The van der Waals surface area contributed by atoms with Crippen LogP contribution in [-0.2, 0) is 0 Å². The Hall–Kier alpha value is -4.39. The highest BCUT2D eigenvalue weighted by Crippen LogP contribution is 2.39. The van der Waals surface area contributed by atoms with E-state index in [1.165, 1.54) is 0 Å². The third-order valence-electron chi connectivity index (χ3n) is 4.81. The van der Waals surface area contributed by atoms with Gasteiger partial charge in [0.2, 0.25) is 0 Å². The molecule has 0 aromatic heterocycles. The zero-order valence-electron chi connectivity index (χ0n) is 16.9. The van der Waals surface area contributed by atoms with E-state index in [4.69, 9.17) is 5.73 Å². The number of aromatic hydroxyl groups is 1. The number of hydrogen-bond acceptors (Lipinski definition) is 6. The first-order valence-electron chi connectivity index (χ1n) is 9.64. The summed E-state index contributed by atoms with van der Waals surface area (Å²) < 4.78 is 0. The molecule has 4 aromatic rings. The molecule has 154 valence electrons. The molecule has 0 unspecified atom stereocenters. The van der Waals surface area contributed by atoms with Gasteiger partial charge in [-0.1, -0.05) is 42.5 Å². The van der Waals surface area contributed by atoms with E-state index in [1.54, 1.807) is 42.4 Å². The first-order chi connectivity index (χ1) is 15.0. The number of rotatable bonds is 5. The van der Waals surface area contributed by atoms with E-state index in [9.17, 15) is 9.90 Å². The predicted octanol–water partition coefficient (Wildman–Crippen LogP) is 5.32. The number of carbonyl (C=O) groups is 1. The normalized spacial score (nSPS) is 11.0. The van der Waals surface area contributed by atoms with Gasteiger partial charge in [0.1, 0.15) is 5.69 Å². The van der Waals surface area contributed by atoms with Crippen LogP contribution in [0.1, 0.15) is 10.4 Å². The molecule has 0 aliphatic carbocycles. The van der Waals surface area contributed by atoms with Gasteiger partial charge in [0.25, 0.3) is 5.91 Å². The highest BCUT2D eigenvalue weighted by Gasteiger charge is 2.19. The molecule has 0 saturated carbocycles. The monoisotopic (exact) mass is 411 g/mol. The van der Waals surface area contributed by atoms with Crippen LogP contribution in [-0.4, -0.2) is 18.1 Å². The van der Waals surface area contributed by atoms with Crippen LogP contribution in [0.5, 0.6) is 5.75 Å². The van der Waals surface area contributed by atoms with Crippen LogP contribution in [0.2, 0.25) is 0 Å². The van der Waals surface area contributed by atoms with Gasteiger partial charge in [-0.3, -0.25) is 15.2 Å². The van der Waals surface area contributed by atoms with Gasteiger partial charge >= 0.3 is 0 Å². The Morgan fingerprint density at radius 1 is 0.935 bits per heavy atom. The molecule has 31 heavy (non-hydrogen) atoms. The molecule has 4 N–H and O–H groups in total. The van der Waals surface area contributed by atoms with E-state index in [2.05, 4.69) is 15.7 Å². The van der Waals surface area contributed by atoms with Gasteiger partial charge in [-0.15, -0.1) is 5.11 Å². The number of fused-ring (bicyclic) bond motifs is 1. The van der Waals surface area contributed by atoms with Crippen molar-refractivity contribution in [3.8, 4) is 5.75 Å². The SMILES string of the molecule is CN(NC(=O)c1cc2ccccc2c(N=Nc2ccc(N)cc2)c1O)c1ccccc1. The van der Waals surface area contributed by atoms with Gasteiger partial charge in [-0.05, 0) is 47.9 Å². The molecule has 7 nitrogen and oxygen atoms in total. The fraction of sp³-hybridized carbons (Fsp3) is 0.0417. The lowest BCUT2D eigenvalue weighted by Crippen LogP contribution is -2.39. The van der Waals surface area contributed by atoms with Gasteiger partial charge < -0.3 is 10.8 Å². The van der Waals surface area contributed by atoms with Gasteiger partial charge in [0, 0.05) is 18.1 Å². The van der Waals surface area contributed by atoms with Crippen molar-refractivity contribution < 1.29 is 9.90 Å². The zero-order chi connectivity index (χ0) is 21.8. The lowest BCUT2D eigenvalue weighted by Gasteiger charge is -2.21. The van der Waals surface area contributed by atoms with E-state index in [-0.39, 0.29) is 17.0 Å². The molecule has 0 aliphatic rings. The van der Waals surface area contributed by atoms with E-state index in [1.807, 2.05) is 54.6 Å². The molecular weight excluding hydrogens is 390 g/mol. The number of phenols is 1. The summed E-state index contributed by atoms with van der Waals surface area (Å²) in [6.45, 7) is 0. The number of nitrogens with one attached hydrogen (secondary N) is 1. The zero-order valence-corrected chi connectivity index (χ0v) is 16.9. The fourth-order valence-electron chi connectivity index (χ4n) is 3.17. The maximum atomic E-state index is 13.0. The van der Waals surface area contributed by atoms with Crippen molar-refractivity contribution >= 4 is 39.4 Å². The number of carbonyl (C=O) groups excluding carboxylic acids is 1. The molecule has 1 amide bonds. The Labute approximate surface area is 179 Å². The smallest absolute Gasteiger partial charge is 0.273 e. The maximum absolute atomic E-state index is 13.0. The highest BCUT2D eigenvalue weighted by molar-refractivity contribution is 6.07. The third-order valence-corrected chi connectivity index (χ3v) is 4.81. The summed E-state index contributed by atoms with van der Waals surface area (Å²) in [5.74, 6) is -0.699. The molecule has 4 rings (SSSR count). The van der Waals surface area contributed by atoms with Crippen LogP contribution in [0.3, 0.4) is 0 Å². The van der Waals surface area contributed by atoms with Crippen molar-refractivity contribution in [2.45, 2.75) is 0 Å². The minimum absolute atomic E-state index is 0.104. The molecule has 0 aliphatic heterocycles. The predicted molar refractivity (Wildman–Crippen MR) is 123 cm³/mol. The Balaban J connectivity index is 1.72. The van der Waals surface area contributed by atoms with Crippen LogP contribution < -0.4 is 16.2 Å². The molecule has 0 radical (unpaired) electrons. The Morgan fingerprint density at radius 2 is 1.61 bits per heavy atom. The highest BCUT2D eigenvalue weighted by atomic mass is 16.3. The van der Waals surface area contributed by atoms with Crippen LogP contribution in [0.15, 0.2) is 95.2 Å². The summed E-state index contributed by atoms with van der Waals surface area (Å²) in [5.41, 5.74) is 10.8. The second-order valence-electron chi connectivity index (χ2n) is 6.97. The lowest BCUT2D eigenvalue weighted by molar-refractivity contribution is 0.0949. The molecule has 0 heterocycles. The van der Waals surface area contributed by atoms with Gasteiger partial charge in [0.05, 0.1) is 16.9 Å². The van der Waals surface area contributed by atoms with Gasteiger partial charge in [-0.2, -0.15) is 5.11 Å². The number of nitrogen functional groups attached to an aromatic ring is 1. The topological polar surface area (TPSA) is 103 Å². The van der Waals surface area contributed by atoms with E-state index in [0.717, 1.165) is 11.1 Å². The molecule has 0 fully saturated rings. The lowest BCUT2D eigenvalue weighted by atomic mass is 10.0. The number of amides is 1. The average molecular weight is 411 g/mol. The van der Waals surface area contributed by atoms with Crippen molar-refractivity contribution in [3.63, 3.8) is 0 Å². The first kappa shape index (κ1) is 19.9. The second-order valence-corrected chi connectivity index (χ2v) is 6.97. The summed E-state index contributed by atoms with van der Waals surface area (Å²) in [6.07, 6.45) is 0. The minimum atomic E-state index is -0.460. The number of hydrogen-bond donors (Lipinski definition) is 3. The van der Waals surface area contributed by atoms with Gasteiger partial charge in [0.15, 0.2) is 5.75 Å². The summed E-state index contributed by atoms with van der Waals surface area (Å²) in [7, 11) is 1.73. The Bertz CT molecular complexity index is 1250. The number of azo groups is 1. The van der Waals surface area contributed by atoms with Crippen molar-refractivity contribution in [2.24, 2.45) is 10.2 Å². The number of phenolic OH excluding ortho intramolecular Hbond substituents is 1. The largest absolute Gasteiger partial charge is 0.505 e. The maximum Gasteiger partial charge on any atom is 0.273 e. The minimum Gasteiger partial charge on any atom is -0.505 e. The molecule has 0 spiro atoms. The molecule has 0 atom stereocenters. The van der Waals surface area contributed by atoms with Crippen LogP contribution in [0, 0.1) is 0 Å². The summed E-state index contributed by atoms with van der Waals surface area (Å²) in [5, 5.41) is 22.4. The summed E-state index contributed by atoms with van der Waals surface area (Å²) >= 11 is 0. The number of anilines is 2. The molecule has 0 bridgehead atoms. The second kappa shape index (κ2) is 8.54. The molecule has 4 aromatic carbocycles. The average Bonchev–Trinajstić information content (AvgIpc) is 2.79. The number of nitrogens with zero attached hydrogens (tertiary/aromatic N) is 3. The Kier molecular flexibility index (Phi) is 5.49. The van der Waals surface area contributed by atoms with Crippen molar-refractivity contribution in [1.29, 1.82) is 0 Å². The van der Waals surface area contributed by atoms with Crippen molar-refractivity contribution in [3.05, 3.63) is 90.5 Å². The number of nitrogens with two attached hydrogens (primary N) is 1. The quantitative estimate of drug-likeness (QED) is 0.235. The summed E-state index contributed by atoms with van der Waals surface area (Å²) in [6, 6.07) is 25.3. The number of para-hydroxylation sites is 1. The van der Waals surface area contributed by atoms with Crippen molar-refractivity contribution in [2.75, 3.05) is 17.8 Å². The number of hydrazine groups is 1. The third kappa shape index (κ3) is 4.30. The van der Waals surface area contributed by atoms with Crippen LogP contribution in [0.4, 0.5) is 22.7 Å². The van der Waals surface area contributed by atoms with E-state index in [0.29, 0.717) is 16.8 Å². The van der Waals surface area contributed by atoms with E-state index < -0.39 is 5.91 Å². The molecule has 7 heteroatoms. The molecular formula is C24H21N5O2. The van der Waals surface area contributed by atoms with Crippen molar-refractivity contribution in [1.82, 2.24) is 5.43 Å². The first-order valence-corrected chi connectivity index (χ1v) is 9.64. The van der Waals surface area contributed by atoms with E-state index >= 15 is 0 Å². The summed E-state index contributed by atoms with van der Waals surface area (Å²) in [4.78, 5) is 13.0. The van der Waals surface area contributed by atoms with Gasteiger partial charge in [-0.25, -0.2) is 0 Å². The fourth-order valence-corrected chi connectivity index (χ4v) is 3.17.